The Morgan fingerprint density at radius 2 is 2.21 bits per heavy atom. The quantitative estimate of drug-likeness (QED) is 0.517. The summed E-state index contributed by atoms with van der Waals surface area (Å²) in [5.74, 6) is 0.418. The maximum Gasteiger partial charge on any atom is 0.292 e. The SMILES string of the molecule is Cc1ccc(Nc2c(C=O)cnn2C)c([N+](=O)[O-])c1. The smallest absolute Gasteiger partial charge is 0.292 e. The number of nitro groups is 1. The zero-order chi connectivity index (χ0) is 14.0. The maximum absolute atomic E-state index is 11.0. The molecule has 0 spiro atoms. The normalized spacial score (nSPS) is 10.2. The van der Waals surface area contributed by atoms with Crippen molar-refractivity contribution in [3.8, 4) is 0 Å². The van der Waals surface area contributed by atoms with Crippen molar-refractivity contribution in [1.29, 1.82) is 0 Å². The molecule has 0 saturated carbocycles. The number of nitro benzene ring substituents is 1. The van der Waals surface area contributed by atoms with Gasteiger partial charge in [0.05, 0.1) is 16.7 Å². The zero-order valence-corrected chi connectivity index (χ0v) is 10.5. The van der Waals surface area contributed by atoms with Crippen molar-refractivity contribution in [3.63, 3.8) is 0 Å². The molecule has 0 aliphatic rings. The molecule has 1 heterocycles. The van der Waals surface area contributed by atoms with E-state index in [4.69, 9.17) is 0 Å². The Morgan fingerprint density at radius 1 is 1.47 bits per heavy atom. The van der Waals surface area contributed by atoms with E-state index in [0.29, 0.717) is 23.4 Å². The summed E-state index contributed by atoms with van der Waals surface area (Å²) >= 11 is 0. The number of carbonyl (C=O) groups is 1. The molecule has 7 nitrogen and oxygen atoms in total. The molecule has 0 amide bonds. The molecule has 0 atom stereocenters. The van der Waals surface area contributed by atoms with Gasteiger partial charge in [-0.15, -0.1) is 0 Å². The summed E-state index contributed by atoms with van der Waals surface area (Å²) in [6.45, 7) is 1.78. The molecular weight excluding hydrogens is 248 g/mol. The van der Waals surface area contributed by atoms with Crippen molar-refractivity contribution in [1.82, 2.24) is 9.78 Å². The minimum atomic E-state index is -0.466. The number of aromatic nitrogens is 2. The summed E-state index contributed by atoms with van der Waals surface area (Å²) in [6.07, 6.45) is 2.05. The third-order valence-corrected chi connectivity index (χ3v) is 2.70. The number of rotatable bonds is 4. The molecule has 0 bridgehead atoms. The van der Waals surface area contributed by atoms with Gasteiger partial charge in [-0.3, -0.25) is 19.6 Å². The van der Waals surface area contributed by atoms with E-state index in [0.717, 1.165) is 5.56 Å². The summed E-state index contributed by atoms with van der Waals surface area (Å²) in [5.41, 5.74) is 1.41. The van der Waals surface area contributed by atoms with E-state index >= 15 is 0 Å². The summed E-state index contributed by atoms with van der Waals surface area (Å²) in [7, 11) is 1.65. The van der Waals surface area contributed by atoms with Crippen LogP contribution in [0.3, 0.4) is 0 Å². The lowest BCUT2D eigenvalue weighted by Crippen LogP contribution is -2.03. The van der Waals surface area contributed by atoms with Crippen LogP contribution >= 0.6 is 0 Å². The third kappa shape index (κ3) is 2.44. The fourth-order valence-electron chi connectivity index (χ4n) is 1.72. The van der Waals surface area contributed by atoms with Gasteiger partial charge in [-0.1, -0.05) is 6.07 Å². The highest BCUT2D eigenvalue weighted by Gasteiger charge is 2.16. The molecule has 0 aliphatic heterocycles. The number of carbonyl (C=O) groups excluding carboxylic acids is 1. The maximum atomic E-state index is 11.0. The minimum Gasteiger partial charge on any atom is -0.334 e. The van der Waals surface area contributed by atoms with Crippen molar-refractivity contribution in [2.24, 2.45) is 7.05 Å². The van der Waals surface area contributed by atoms with Gasteiger partial charge in [0.25, 0.3) is 5.69 Å². The number of nitrogens with one attached hydrogen (secondary N) is 1. The highest BCUT2D eigenvalue weighted by Crippen LogP contribution is 2.29. The summed E-state index contributed by atoms with van der Waals surface area (Å²) < 4.78 is 1.45. The predicted octanol–water partition coefficient (Wildman–Crippen LogP) is 2.19. The van der Waals surface area contributed by atoms with E-state index in [1.165, 1.54) is 16.9 Å². The van der Waals surface area contributed by atoms with Gasteiger partial charge in [0.2, 0.25) is 0 Å². The van der Waals surface area contributed by atoms with E-state index in [1.54, 1.807) is 26.1 Å². The van der Waals surface area contributed by atoms with Gasteiger partial charge in [-0.2, -0.15) is 5.10 Å². The topological polar surface area (TPSA) is 90.1 Å². The van der Waals surface area contributed by atoms with Crippen molar-refractivity contribution < 1.29 is 9.72 Å². The van der Waals surface area contributed by atoms with Gasteiger partial charge < -0.3 is 5.32 Å². The summed E-state index contributed by atoms with van der Waals surface area (Å²) in [4.78, 5) is 21.4. The standard InChI is InChI=1S/C12H12N4O3/c1-8-3-4-10(11(5-8)16(18)19)14-12-9(7-17)6-13-15(12)2/h3-7,14H,1-2H3. The van der Waals surface area contributed by atoms with Crippen LogP contribution in [0.15, 0.2) is 24.4 Å². The van der Waals surface area contributed by atoms with Crippen LogP contribution in [-0.4, -0.2) is 21.0 Å². The number of hydrogen-bond donors (Lipinski definition) is 1. The Morgan fingerprint density at radius 3 is 2.84 bits per heavy atom. The molecule has 1 aromatic heterocycles. The molecule has 0 saturated heterocycles. The molecule has 0 fully saturated rings. The van der Waals surface area contributed by atoms with Crippen molar-refractivity contribution >= 4 is 23.5 Å². The Kier molecular flexibility index (Phi) is 3.28. The van der Waals surface area contributed by atoms with Gasteiger partial charge in [0.15, 0.2) is 6.29 Å². The Labute approximate surface area is 109 Å². The lowest BCUT2D eigenvalue weighted by molar-refractivity contribution is -0.384. The van der Waals surface area contributed by atoms with Crippen LogP contribution in [0.2, 0.25) is 0 Å². The van der Waals surface area contributed by atoms with Crippen LogP contribution < -0.4 is 5.32 Å². The Bertz CT molecular complexity index is 648. The molecule has 2 rings (SSSR count). The number of aldehydes is 1. The molecule has 0 aliphatic carbocycles. The molecule has 0 unspecified atom stereocenters. The van der Waals surface area contributed by atoms with E-state index < -0.39 is 4.92 Å². The first-order valence-electron chi connectivity index (χ1n) is 5.52. The van der Waals surface area contributed by atoms with Crippen LogP contribution in [0.1, 0.15) is 15.9 Å². The van der Waals surface area contributed by atoms with E-state index in [1.807, 2.05) is 0 Å². The van der Waals surface area contributed by atoms with E-state index in [9.17, 15) is 14.9 Å². The molecular formula is C12H12N4O3. The first-order valence-corrected chi connectivity index (χ1v) is 5.52. The molecule has 0 radical (unpaired) electrons. The second-order valence-corrected chi connectivity index (χ2v) is 4.09. The van der Waals surface area contributed by atoms with Crippen LogP contribution in [0.5, 0.6) is 0 Å². The molecule has 98 valence electrons. The number of nitrogens with zero attached hydrogens (tertiary/aromatic N) is 3. The number of aryl methyl sites for hydroxylation is 2. The van der Waals surface area contributed by atoms with Crippen molar-refractivity contribution in [2.45, 2.75) is 6.92 Å². The highest BCUT2D eigenvalue weighted by molar-refractivity contribution is 5.85. The minimum absolute atomic E-state index is 0.0435. The lowest BCUT2D eigenvalue weighted by atomic mass is 10.2. The van der Waals surface area contributed by atoms with Crippen LogP contribution in [-0.2, 0) is 7.05 Å². The average Bonchev–Trinajstić information content (AvgIpc) is 2.72. The largest absolute Gasteiger partial charge is 0.334 e. The first-order chi connectivity index (χ1) is 9.02. The van der Waals surface area contributed by atoms with Crippen molar-refractivity contribution in [3.05, 3.63) is 45.6 Å². The van der Waals surface area contributed by atoms with Gasteiger partial charge in [0.1, 0.15) is 11.5 Å². The molecule has 1 N–H and O–H groups in total. The van der Waals surface area contributed by atoms with Gasteiger partial charge in [0, 0.05) is 13.1 Å². The number of anilines is 2. The van der Waals surface area contributed by atoms with Gasteiger partial charge >= 0.3 is 0 Å². The van der Waals surface area contributed by atoms with Crippen LogP contribution in [0, 0.1) is 17.0 Å². The summed E-state index contributed by atoms with van der Waals surface area (Å²) in [5, 5.41) is 17.8. The third-order valence-electron chi connectivity index (χ3n) is 2.70. The monoisotopic (exact) mass is 260 g/mol. The molecule has 2 aromatic rings. The van der Waals surface area contributed by atoms with Crippen LogP contribution in [0.4, 0.5) is 17.2 Å². The van der Waals surface area contributed by atoms with Gasteiger partial charge in [-0.25, -0.2) is 0 Å². The number of hydrogen-bond acceptors (Lipinski definition) is 5. The molecule has 19 heavy (non-hydrogen) atoms. The fourth-order valence-corrected chi connectivity index (χ4v) is 1.72. The highest BCUT2D eigenvalue weighted by atomic mass is 16.6. The second-order valence-electron chi connectivity index (χ2n) is 4.09. The Hall–Kier alpha value is -2.70. The first kappa shape index (κ1) is 12.7. The van der Waals surface area contributed by atoms with Crippen LogP contribution in [0.25, 0.3) is 0 Å². The Balaban J connectivity index is 2.46. The zero-order valence-electron chi connectivity index (χ0n) is 10.5. The fraction of sp³-hybridized carbons (Fsp3) is 0.167. The molecule has 7 heteroatoms. The van der Waals surface area contributed by atoms with Crippen molar-refractivity contribution in [2.75, 3.05) is 5.32 Å². The lowest BCUT2D eigenvalue weighted by Gasteiger charge is -2.08. The van der Waals surface area contributed by atoms with E-state index in [2.05, 4.69) is 10.4 Å². The average molecular weight is 260 g/mol. The predicted molar refractivity (Wildman–Crippen MR) is 69.7 cm³/mol. The van der Waals surface area contributed by atoms with Gasteiger partial charge in [-0.05, 0) is 18.6 Å². The summed E-state index contributed by atoms with van der Waals surface area (Å²) in [6, 6.07) is 4.83. The number of benzene rings is 1. The molecule has 1 aromatic carbocycles. The van der Waals surface area contributed by atoms with E-state index in [-0.39, 0.29) is 5.69 Å². The second kappa shape index (κ2) is 4.89.